The van der Waals surface area contributed by atoms with Gasteiger partial charge < -0.3 is 19.5 Å². The Morgan fingerprint density at radius 2 is 2.11 bits per heavy atom. The molecule has 2 aromatic heterocycles. The van der Waals surface area contributed by atoms with Crippen molar-refractivity contribution in [1.82, 2.24) is 9.97 Å². The number of ether oxygens (including phenoxy) is 3. The van der Waals surface area contributed by atoms with Crippen LogP contribution in [0.4, 0.5) is 5.69 Å². The van der Waals surface area contributed by atoms with Crippen LogP contribution in [-0.4, -0.2) is 49.4 Å². The largest absolute Gasteiger partial charge is 0.490 e. The van der Waals surface area contributed by atoms with Crippen molar-refractivity contribution in [3.63, 3.8) is 0 Å². The molecule has 1 N–H and O–H groups in total. The van der Waals surface area contributed by atoms with Crippen LogP contribution in [0, 0.1) is 0 Å². The topological polar surface area (TPSA) is 82.6 Å². The molecular weight excluding hydrogens is 366 g/mol. The summed E-state index contributed by atoms with van der Waals surface area (Å²) in [4.78, 5) is 21.9. The van der Waals surface area contributed by atoms with Gasteiger partial charge in [0.25, 0.3) is 5.91 Å². The van der Waals surface area contributed by atoms with Crippen LogP contribution < -0.4 is 10.1 Å². The highest BCUT2D eigenvalue weighted by Crippen LogP contribution is 2.33. The van der Waals surface area contributed by atoms with Gasteiger partial charge in [-0.2, -0.15) is 0 Å². The van der Waals surface area contributed by atoms with Gasteiger partial charge in [-0.15, -0.1) is 11.3 Å². The molecule has 0 aliphatic carbocycles. The third-order valence-electron chi connectivity index (χ3n) is 3.99. The third kappa shape index (κ3) is 4.60. The fraction of sp³-hybridized carbons (Fsp3) is 0.316. The summed E-state index contributed by atoms with van der Waals surface area (Å²) in [5.41, 5.74) is 3.98. The highest BCUT2D eigenvalue weighted by atomic mass is 32.1. The molecule has 0 radical (unpaired) electrons. The molecule has 0 spiro atoms. The highest BCUT2D eigenvalue weighted by molar-refractivity contribution is 7.13. The summed E-state index contributed by atoms with van der Waals surface area (Å²) in [6.07, 6.45) is 1.24. The van der Waals surface area contributed by atoms with Crippen LogP contribution in [0.15, 0.2) is 36.0 Å². The lowest BCUT2D eigenvalue weighted by molar-refractivity contribution is -0.124. The molecule has 0 fully saturated rings. The first-order valence-corrected chi connectivity index (χ1v) is 9.29. The monoisotopic (exact) mass is 387 g/mol. The molecule has 0 saturated heterocycles. The summed E-state index contributed by atoms with van der Waals surface area (Å²) in [7, 11) is 3.12. The zero-order chi connectivity index (χ0) is 19.2. The molecule has 0 saturated carbocycles. The maximum atomic E-state index is 12.1. The minimum Gasteiger partial charge on any atom is -0.490 e. The summed E-state index contributed by atoms with van der Waals surface area (Å²) in [5.74, 6) is 0.462. The zero-order valence-electron chi connectivity index (χ0n) is 15.4. The number of hydrogen-bond acceptors (Lipinski definition) is 7. The number of nitrogens with one attached hydrogen (secondary N) is 1. The number of aromatic nitrogens is 2. The smallest absolute Gasteiger partial charge is 0.253 e. The van der Waals surface area contributed by atoms with E-state index in [1.165, 1.54) is 18.4 Å². The predicted octanol–water partition coefficient (Wildman–Crippen LogP) is 3.36. The Bertz CT molecular complexity index is 915. The second kappa shape index (κ2) is 8.90. The van der Waals surface area contributed by atoms with Gasteiger partial charge in [0, 0.05) is 37.6 Å². The van der Waals surface area contributed by atoms with E-state index < -0.39 is 6.10 Å². The molecule has 27 heavy (non-hydrogen) atoms. The lowest BCUT2D eigenvalue weighted by Gasteiger charge is -2.14. The molecule has 142 valence electrons. The Balaban J connectivity index is 1.98. The number of carbonyl (C=O) groups is 1. The van der Waals surface area contributed by atoms with Crippen molar-refractivity contribution >= 4 is 33.8 Å². The molecule has 0 unspecified atom stereocenters. The zero-order valence-corrected chi connectivity index (χ0v) is 16.2. The van der Waals surface area contributed by atoms with Gasteiger partial charge in [0.1, 0.15) is 18.5 Å². The number of benzene rings is 1. The van der Waals surface area contributed by atoms with E-state index in [1.807, 2.05) is 24.3 Å². The van der Waals surface area contributed by atoms with Crippen molar-refractivity contribution in [2.75, 3.05) is 32.8 Å². The van der Waals surface area contributed by atoms with Crippen LogP contribution in [0.25, 0.3) is 21.5 Å². The number of nitrogens with zero attached hydrogens (tertiary/aromatic N) is 2. The minimum atomic E-state index is -0.537. The average molecular weight is 387 g/mol. The maximum absolute atomic E-state index is 12.1. The maximum Gasteiger partial charge on any atom is 0.253 e. The first-order valence-electron chi connectivity index (χ1n) is 8.41. The van der Waals surface area contributed by atoms with Crippen LogP contribution in [0.5, 0.6) is 5.75 Å². The Morgan fingerprint density at radius 3 is 2.81 bits per heavy atom. The number of pyridine rings is 1. The van der Waals surface area contributed by atoms with E-state index in [1.54, 1.807) is 25.7 Å². The van der Waals surface area contributed by atoms with E-state index in [-0.39, 0.29) is 5.91 Å². The Morgan fingerprint density at radius 1 is 1.26 bits per heavy atom. The van der Waals surface area contributed by atoms with Crippen molar-refractivity contribution in [2.24, 2.45) is 0 Å². The number of methoxy groups -OCH3 is 2. The number of thiazole rings is 1. The molecule has 2 heterocycles. The van der Waals surface area contributed by atoms with E-state index in [0.29, 0.717) is 24.7 Å². The quantitative estimate of drug-likeness (QED) is 0.597. The van der Waals surface area contributed by atoms with Crippen LogP contribution in [0.2, 0.25) is 0 Å². The van der Waals surface area contributed by atoms with Crippen molar-refractivity contribution in [3.8, 4) is 16.3 Å². The van der Waals surface area contributed by atoms with Gasteiger partial charge in [0.05, 0.1) is 28.2 Å². The molecule has 0 aliphatic rings. The summed E-state index contributed by atoms with van der Waals surface area (Å²) >= 11 is 1.51. The lowest BCUT2D eigenvalue weighted by Crippen LogP contribution is -2.26. The Kier molecular flexibility index (Phi) is 6.33. The molecule has 3 aromatic rings. The number of rotatable bonds is 8. The van der Waals surface area contributed by atoms with Gasteiger partial charge in [0.15, 0.2) is 0 Å². The summed E-state index contributed by atoms with van der Waals surface area (Å²) in [6, 6.07) is 7.40. The molecule has 1 atom stereocenters. The van der Waals surface area contributed by atoms with Crippen LogP contribution in [0.3, 0.4) is 0 Å². The molecule has 1 aromatic carbocycles. The van der Waals surface area contributed by atoms with Crippen LogP contribution in [-0.2, 0) is 14.3 Å². The molecule has 0 aliphatic heterocycles. The molecule has 0 bridgehead atoms. The summed E-state index contributed by atoms with van der Waals surface area (Å²) in [6.45, 7) is 2.58. The first-order chi connectivity index (χ1) is 13.1. The Hall–Kier alpha value is -2.55. The van der Waals surface area contributed by atoms with E-state index >= 15 is 0 Å². The number of fused-ring (bicyclic) bond motifs is 1. The second-order valence-electron chi connectivity index (χ2n) is 5.81. The van der Waals surface area contributed by atoms with E-state index in [0.717, 1.165) is 21.5 Å². The summed E-state index contributed by atoms with van der Waals surface area (Å²) in [5, 5.41) is 3.65. The highest BCUT2D eigenvalue weighted by Gasteiger charge is 2.14. The first kappa shape index (κ1) is 19.2. The number of hydrogen-bond donors (Lipinski definition) is 1. The molecule has 1 amide bonds. The molecule has 8 heteroatoms. The van der Waals surface area contributed by atoms with Crippen LogP contribution >= 0.6 is 11.3 Å². The van der Waals surface area contributed by atoms with Gasteiger partial charge in [-0.1, -0.05) is 0 Å². The average Bonchev–Trinajstić information content (AvgIpc) is 3.22. The fourth-order valence-electron chi connectivity index (χ4n) is 2.45. The third-order valence-corrected chi connectivity index (χ3v) is 4.79. The van der Waals surface area contributed by atoms with Gasteiger partial charge in [-0.3, -0.25) is 9.78 Å². The van der Waals surface area contributed by atoms with Gasteiger partial charge >= 0.3 is 0 Å². The van der Waals surface area contributed by atoms with Gasteiger partial charge in [-0.25, -0.2) is 4.98 Å². The lowest BCUT2D eigenvalue weighted by atomic mass is 10.1. The van der Waals surface area contributed by atoms with Crippen molar-refractivity contribution in [3.05, 3.63) is 36.0 Å². The Labute approximate surface area is 161 Å². The number of carbonyl (C=O) groups excluding carboxylic acids is 1. The van der Waals surface area contributed by atoms with Gasteiger partial charge in [-0.05, 0) is 25.1 Å². The minimum absolute atomic E-state index is 0.215. The second-order valence-corrected chi connectivity index (χ2v) is 6.70. The SMILES string of the molecule is COCCOc1cc(-c2cncs2)nc2ccc(NC(=O)[C@@H](C)OC)cc12. The standard InChI is InChI=1S/C19H21N3O4S/c1-12(25-3)19(23)21-13-4-5-15-14(8-13)17(26-7-6-24-2)9-16(22-15)18-10-20-11-27-18/h4-5,8-12H,6-7H2,1-3H3,(H,21,23)/t12-/m1/s1. The van der Waals surface area contributed by atoms with E-state index in [2.05, 4.69) is 10.3 Å². The van der Waals surface area contributed by atoms with Crippen LogP contribution in [0.1, 0.15) is 6.92 Å². The van der Waals surface area contributed by atoms with Crippen molar-refractivity contribution in [1.29, 1.82) is 0 Å². The van der Waals surface area contributed by atoms with Gasteiger partial charge in [0.2, 0.25) is 0 Å². The number of amides is 1. The van der Waals surface area contributed by atoms with Crippen molar-refractivity contribution in [2.45, 2.75) is 13.0 Å². The normalized spacial score (nSPS) is 12.1. The molecule has 3 rings (SSSR count). The molecule has 7 nitrogen and oxygen atoms in total. The fourth-order valence-corrected chi connectivity index (χ4v) is 3.03. The van der Waals surface area contributed by atoms with E-state index in [9.17, 15) is 4.79 Å². The molecular formula is C19H21N3O4S. The van der Waals surface area contributed by atoms with E-state index in [4.69, 9.17) is 19.2 Å². The summed E-state index contributed by atoms with van der Waals surface area (Å²) < 4.78 is 16.0. The number of anilines is 1. The predicted molar refractivity (Wildman–Crippen MR) is 105 cm³/mol. The van der Waals surface area contributed by atoms with Crippen molar-refractivity contribution < 1.29 is 19.0 Å².